The van der Waals surface area contributed by atoms with Gasteiger partial charge >= 0.3 is 19.5 Å². The van der Waals surface area contributed by atoms with Crippen LogP contribution in [0.5, 0.6) is 0 Å². The quantitative estimate of drug-likeness (QED) is 0.0310. The van der Waals surface area contributed by atoms with E-state index in [1.165, 1.54) is 89.9 Å². The molecule has 0 aliphatic rings. The predicted molar refractivity (Wildman–Crippen MR) is 178 cm³/mol. The summed E-state index contributed by atoms with van der Waals surface area (Å²) in [6.07, 6.45) is 22.8. The summed E-state index contributed by atoms with van der Waals surface area (Å²) in [6, 6.07) is 0. The fourth-order valence-corrected chi connectivity index (χ4v) is 6.04. The number of ether oxygens (including phenoxy) is 3. The molecular weight excluding hydrogens is 599 g/mol. The molecule has 0 saturated carbocycles. The minimum Gasteiger partial charge on any atom is -0.462 e. The highest BCUT2D eigenvalue weighted by molar-refractivity contribution is 7.52. The molecule has 4 N–H and O–H groups in total. The zero-order valence-electron chi connectivity index (χ0n) is 28.5. The van der Waals surface area contributed by atoms with E-state index in [1.807, 2.05) is 0 Å². The van der Waals surface area contributed by atoms with Gasteiger partial charge in [-0.15, -0.1) is 0 Å². The first-order chi connectivity index (χ1) is 21.6. The van der Waals surface area contributed by atoms with Gasteiger partial charge in [0.05, 0.1) is 13.2 Å². The molecule has 0 amide bonds. The minimum atomic E-state index is -4.93. The van der Waals surface area contributed by atoms with Gasteiger partial charge in [-0.05, 0) is 12.8 Å². The molecule has 0 aromatic rings. The number of carbonyl (C=O) groups is 2. The normalized spacial score (nSPS) is 13.8. The number of aliphatic hydroxyl groups excluding tert-OH is 2. The average Bonchev–Trinajstić information content (AvgIpc) is 3.00. The number of hydrogen-bond acceptors (Lipinski definition) is 8. The molecule has 268 valence electrons. The molecular formula is C34H67O10P. The van der Waals surface area contributed by atoms with E-state index in [-0.39, 0.29) is 19.4 Å². The maximum Gasteiger partial charge on any atom is 0.356 e. The first-order valence-corrected chi connectivity index (χ1v) is 19.6. The molecule has 0 aliphatic heterocycles. The molecule has 0 aromatic heterocycles. The third-order valence-electron chi connectivity index (χ3n) is 8.00. The standard InChI is InChI=1S/C34H67O10P/c1-3-5-7-9-11-13-15-17-19-21-23-25-32(37)42-28-30(29-43-34(31(36)27-35)45(39,40)41)44-33(38)26-24-22-20-18-16-14-12-10-8-6-4-2/h30-31,34-36H,3-29H2,1-2H3,(H2,39,40,41)/t30-,31?,34-/m1/s1. The van der Waals surface area contributed by atoms with Crippen molar-refractivity contribution in [1.82, 2.24) is 0 Å². The average molecular weight is 667 g/mol. The van der Waals surface area contributed by atoms with Gasteiger partial charge in [0, 0.05) is 12.8 Å². The van der Waals surface area contributed by atoms with Crippen molar-refractivity contribution in [1.29, 1.82) is 0 Å². The van der Waals surface area contributed by atoms with Crippen LogP contribution < -0.4 is 0 Å². The number of aliphatic hydroxyl groups is 2. The van der Waals surface area contributed by atoms with Crippen LogP contribution >= 0.6 is 7.60 Å². The van der Waals surface area contributed by atoms with E-state index < -0.39 is 50.8 Å². The molecule has 11 heteroatoms. The summed E-state index contributed by atoms with van der Waals surface area (Å²) in [7, 11) is -4.93. The Morgan fingerprint density at radius 2 is 0.978 bits per heavy atom. The number of hydrogen-bond donors (Lipinski definition) is 4. The summed E-state index contributed by atoms with van der Waals surface area (Å²) in [5, 5.41) is 19.0. The smallest absolute Gasteiger partial charge is 0.356 e. The molecule has 0 saturated heterocycles. The van der Waals surface area contributed by atoms with Crippen LogP contribution in [0.3, 0.4) is 0 Å². The fraction of sp³-hybridized carbons (Fsp3) is 0.941. The fourth-order valence-electron chi connectivity index (χ4n) is 5.21. The second-order valence-corrected chi connectivity index (χ2v) is 14.1. The highest BCUT2D eigenvalue weighted by Gasteiger charge is 2.37. The van der Waals surface area contributed by atoms with E-state index in [4.69, 9.17) is 19.3 Å². The van der Waals surface area contributed by atoms with Gasteiger partial charge < -0.3 is 34.2 Å². The van der Waals surface area contributed by atoms with Crippen LogP contribution in [0.4, 0.5) is 0 Å². The molecule has 0 aliphatic carbocycles. The lowest BCUT2D eigenvalue weighted by molar-refractivity contribution is -0.164. The van der Waals surface area contributed by atoms with Crippen LogP contribution in [-0.2, 0) is 28.4 Å². The lowest BCUT2D eigenvalue weighted by Crippen LogP contribution is -2.37. The van der Waals surface area contributed by atoms with Crippen LogP contribution in [0, 0.1) is 0 Å². The second-order valence-electron chi connectivity index (χ2n) is 12.4. The molecule has 1 unspecified atom stereocenters. The van der Waals surface area contributed by atoms with E-state index in [0.29, 0.717) is 12.8 Å². The van der Waals surface area contributed by atoms with Gasteiger partial charge in [0.2, 0.25) is 0 Å². The zero-order chi connectivity index (χ0) is 33.6. The predicted octanol–water partition coefficient (Wildman–Crippen LogP) is 7.72. The lowest BCUT2D eigenvalue weighted by Gasteiger charge is -2.25. The van der Waals surface area contributed by atoms with Crippen molar-refractivity contribution in [3.8, 4) is 0 Å². The molecule has 0 bridgehead atoms. The van der Waals surface area contributed by atoms with Gasteiger partial charge in [0.1, 0.15) is 12.7 Å². The Hall–Kier alpha value is -1.03. The number of carbonyl (C=O) groups excluding carboxylic acids is 2. The summed E-state index contributed by atoms with van der Waals surface area (Å²) < 4.78 is 27.7. The van der Waals surface area contributed by atoms with Crippen LogP contribution in [0.2, 0.25) is 0 Å². The largest absolute Gasteiger partial charge is 0.462 e. The molecule has 0 spiro atoms. The highest BCUT2D eigenvalue weighted by Crippen LogP contribution is 2.43. The summed E-state index contributed by atoms with van der Waals surface area (Å²) in [4.78, 5) is 43.9. The van der Waals surface area contributed by atoms with Crippen molar-refractivity contribution in [2.24, 2.45) is 0 Å². The van der Waals surface area contributed by atoms with Crippen LogP contribution in [-0.4, -0.2) is 69.8 Å². The molecule has 0 heterocycles. The summed E-state index contributed by atoms with van der Waals surface area (Å²) >= 11 is 0. The van der Waals surface area contributed by atoms with Gasteiger partial charge in [-0.2, -0.15) is 0 Å². The van der Waals surface area contributed by atoms with E-state index in [1.54, 1.807) is 0 Å². The molecule has 45 heavy (non-hydrogen) atoms. The van der Waals surface area contributed by atoms with Crippen molar-refractivity contribution >= 4 is 19.5 Å². The van der Waals surface area contributed by atoms with E-state index >= 15 is 0 Å². The van der Waals surface area contributed by atoms with Gasteiger partial charge in [-0.1, -0.05) is 142 Å². The van der Waals surface area contributed by atoms with Crippen LogP contribution in [0.15, 0.2) is 0 Å². The molecule has 0 fully saturated rings. The molecule has 10 nitrogen and oxygen atoms in total. The second kappa shape index (κ2) is 30.3. The van der Waals surface area contributed by atoms with Crippen molar-refractivity contribution in [3.05, 3.63) is 0 Å². The van der Waals surface area contributed by atoms with Crippen molar-refractivity contribution in [2.75, 3.05) is 19.8 Å². The summed E-state index contributed by atoms with van der Waals surface area (Å²) in [6.45, 7) is 2.67. The first-order valence-electron chi connectivity index (χ1n) is 18.0. The molecule has 3 atom stereocenters. The molecule has 0 radical (unpaired) electrons. The highest BCUT2D eigenvalue weighted by atomic mass is 31.2. The van der Waals surface area contributed by atoms with Gasteiger partial charge in [-0.25, -0.2) is 0 Å². The number of unbranched alkanes of at least 4 members (excludes halogenated alkanes) is 20. The Kier molecular flexibility index (Phi) is 29.6. The molecule has 0 rings (SSSR count). The third kappa shape index (κ3) is 27.8. The molecule has 0 aromatic carbocycles. The van der Waals surface area contributed by atoms with E-state index in [9.17, 15) is 29.0 Å². The monoisotopic (exact) mass is 666 g/mol. The minimum absolute atomic E-state index is 0.168. The SMILES string of the molecule is CCCCCCCCCCCCCC(=O)OC[C@H](CO[C@@H](C(O)CO)P(=O)(O)O)OC(=O)CCCCCCCCCCCCC. The van der Waals surface area contributed by atoms with Gasteiger partial charge in [0.15, 0.2) is 11.9 Å². The Labute approximate surface area is 273 Å². The summed E-state index contributed by atoms with van der Waals surface area (Å²) in [5.74, 6) is -2.96. The van der Waals surface area contributed by atoms with Crippen LogP contribution in [0.25, 0.3) is 0 Å². The maximum atomic E-state index is 12.5. The van der Waals surface area contributed by atoms with Gasteiger partial charge in [-0.3, -0.25) is 14.2 Å². The van der Waals surface area contributed by atoms with E-state index in [0.717, 1.165) is 38.5 Å². The number of esters is 2. The number of rotatable bonds is 33. The van der Waals surface area contributed by atoms with Crippen molar-refractivity contribution < 1.29 is 48.4 Å². The van der Waals surface area contributed by atoms with Gasteiger partial charge in [0.25, 0.3) is 0 Å². The Bertz CT molecular complexity index is 744. The third-order valence-corrected chi connectivity index (χ3v) is 9.15. The Morgan fingerprint density at radius 3 is 1.36 bits per heavy atom. The lowest BCUT2D eigenvalue weighted by atomic mass is 10.1. The maximum absolute atomic E-state index is 12.5. The Morgan fingerprint density at radius 1 is 0.600 bits per heavy atom. The topological polar surface area (TPSA) is 160 Å². The zero-order valence-corrected chi connectivity index (χ0v) is 29.4. The van der Waals surface area contributed by atoms with Crippen molar-refractivity contribution in [3.63, 3.8) is 0 Å². The first kappa shape index (κ1) is 44.0. The van der Waals surface area contributed by atoms with E-state index in [2.05, 4.69) is 13.8 Å². The van der Waals surface area contributed by atoms with Crippen molar-refractivity contribution in [2.45, 2.75) is 186 Å². The summed E-state index contributed by atoms with van der Waals surface area (Å²) in [5.41, 5.74) is 0. The van der Waals surface area contributed by atoms with Crippen LogP contribution in [0.1, 0.15) is 168 Å². The Balaban J connectivity index is 4.48.